The first-order valence-electron chi connectivity index (χ1n) is 6.20. The summed E-state index contributed by atoms with van der Waals surface area (Å²) in [6, 6.07) is 1.61. The zero-order valence-corrected chi connectivity index (χ0v) is 12.3. The molecule has 1 unspecified atom stereocenters. The average Bonchev–Trinajstić information content (AvgIpc) is 2.42. The molecule has 0 aromatic heterocycles. The van der Waals surface area contributed by atoms with E-state index in [0.717, 1.165) is 31.4 Å². The van der Waals surface area contributed by atoms with Crippen LogP contribution in [0.15, 0.2) is 12.1 Å². The van der Waals surface area contributed by atoms with E-state index < -0.39 is 11.6 Å². The minimum Gasteiger partial charge on any atom is -0.334 e. The number of carbonyl (C=O) groups is 1. The fraction of sp³-hybridized carbons (Fsp3) is 0.462. The van der Waals surface area contributed by atoms with Crippen LogP contribution in [-0.4, -0.2) is 29.9 Å². The molecule has 0 radical (unpaired) electrons. The predicted octanol–water partition coefficient (Wildman–Crippen LogP) is 2.99. The molecule has 1 aliphatic heterocycles. The Morgan fingerprint density at radius 1 is 1.35 bits per heavy atom. The van der Waals surface area contributed by atoms with Gasteiger partial charge in [-0.25, -0.2) is 8.78 Å². The van der Waals surface area contributed by atoms with Crippen LogP contribution < -0.4 is 5.73 Å². The first-order valence-corrected chi connectivity index (χ1v) is 6.58. The lowest BCUT2D eigenvalue weighted by Gasteiger charge is -2.35. The molecule has 1 aromatic carbocycles. The largest absolute Gasteiger partial charge is 0.334 e. The van der Waals surface area contributed by atoms with Crippen LogP contribution in [0.2, 0.25) is 5.02 Å². The summed E-state index contributed by atoms with van der Waals surface area (Å²) >= 11 is 5.82. The van der Waals surface area contributed by atoms with Crippen LogP contribution in [0.4, 0.5) is 8.78 Å². The zero-order chi connectivity index (χ0) is 14.0. The highest BCUT2D eigenvalue weighted by atomic mass is 35.5. The second-order valence-electron chi connectivity index (χ2n) is 4.63. The number of likely N-dealkylation sites (tertiary alicyclic amines) is 1. The number of carbonyl (C=O) groups excluding carboxylic acids is 1. The number of piperidine rings is 1. The van der Waals surface area contributed by atoms with Crippen molar-refractivity contribution >= 4 is 29.9 Å². The fourth-order valence-corrected chi connectivity index (χ4v) is 2.59. The first-order chi connectivity index (χ1) is 9.04. The lowest BCUT2D eigenvalue weighted by atomic mass is 10.0. The summed E-state index contributed by atoms with van der Waals surface area (Å²) in [6.45, 7) is 0.920. The molecule has 20 heavy (non-hydrogen) atoms. The Bertz CT molecular complexity index is 500. The fourth-order valence-electron chi connectivity index (χ4n) is 2.35. The smallest absolute Gasteiger partial charge is 0.255 e. The van der Waals surface area contributed by atoms with Crippen LogP contribution in [0.3, 0.4) is 0 Å². The maximum atomic E-state index is 13.2. The third-order valence-electron chi connectivity index (χ3n) is 3.40. The van der Waals surface area contributed by atoms with Crippen LogP contribution in [0.1, 0.15) is 29.6 Å². The van der Waals surface area contributed by atoms with Gasteiger partial charge in [0.1, 0.15) is 0 Å². The molecule has 2 N–H and O–H groups in total. The molecule has 1 saturated heterocycles. The lowest BCUT2D eigenvalue weighted by molar-refractivity contribution is 0.0623. The van der Waals surface area contributed by atoms with Crippen LogP contribution in [0.5, 0.6) is 0 Å². The molecule has 0 saturated carbocycles. The molecular weight excluding hydrogens is 309 g/mol. The van der Waals surface area contributed by atoms with Crippen molar-refractivity contribution in [1.82, 2.24) is 4.90 Å². The third-order valence-corrected chi connectivity index (χ3v) is 3.71. The summed E-state index contributed by atoms with van der Waals surface area (Å²) in [5, 5.41) is -0.0785. The molecule has 1 atom stereocenters. The van der Waals surface area contributed by atoms with E-state index in [2.05, 4.69) is 0 Å². The van der Waals surface area contributed by atoms with Crippen molar-refractivity contribution in [2.45, 2.75) is 25.3 Å². The van der Waals surface area contributed by atoms with Crippen LogP contribution in [0, 0.1) is 11.6 Å². The minimum absolute atomic E-state index is 0. The Morgan fingerprint density at radius 3 is 2.65 bits per heavy atom. The number of nitrogens with two attached hydrogens (primary N) is 1. The van der Waals surface area contributed by atoms with Crippen LogP contribution in [0.25, 0.3) is 0 Å². The van der Waals surface area contributed by atoms with Crippen molar-refractivity contribution in [3.05, 3.63) is 34.4 Å². The van der Waals surface area contributed by atoms with E-state index in [9.17, 15) is 13.6 Å². The van der Waals surface area contributed by atoms with Crippen molar-refractivity contribution < 1.29 is 13.6 Å². The van der Waals surface area contributed by atoms with Gasteiger partial charge in [0, 0.05) is 19.1 Å². The zero-order valence-electron chi connectivity index (χ0n) is 10.7. The number of amides is 1. The average molecular weight is 325 g/mol. The first kappa shape index (κ1) is 17.1. The van der Waals surface area contributed by atoms with Gasteiger partial charge in [0.15, 0.2) is 11.6 Å². The summed E-state index contributed by atoms with van der Waals surface area (Å²) in [4.78, 5) is 13.9. The van der Waals surface area contributed by atoms with Gasteiger partial charge >= 0.3 is 0 Å². The summed E-state index contributed by atoms with van der Waals surface area (Å²) in [6.07, 6.45) is 2.71. The topological polar surface area (TPSA) is 46.3 Å². The Kier molecular flexibility index (Phi) is 6.17. The second kappa shape index (κ2) is 7.20. The Balaban J connectivity index is 0.00000200. The Hall–Kier alpha value is -0.910. The van der Waals surface area contributed by atoms with Crippen LogP contribution >= 0.6 is 24.0 Å². The molecule has 2 rings (SSSR count). The number of nitrogens with zero attached hydrogens (tertiary/aromatic N) is 1. The minimum atomic E-state index is -1.07. The van der Waals surface area contributed by atoms with Crippen molar-refractivity contribution in [3.8, 4) is 0 Å². The molecule has 1 aromatic rings. The maximum absolute atomic E-state index is 13.2. The normalized spacial score (nSPS) is 18.6. The van der Waals surface area contributed by atoms with E-state index in [-0.39, 0.29) is 34.9 Å². The number of hydrogen-bond acceptors (Lipinski definition) is 2. The molecule has 7 heteroatoms. The highest BCUT2D eigenvalue weighted by Crippen LogP contribution is 2.25. The standard InChI is InChI=1S/C13H15ClF2N2O.ClH/c14-10-6-12(16)11(15)5-9(10)13(19)18-4-2-1-3-8(18)7-17;/h5-6,8H,1-4,7,17H2;1H. The van der Waals surface area contributed by atoms with Crippen molar-refractivity contribution in [3.63, 3.8) is 0 Å². The van der Waals surface area contributed by atoms with E-state index in [0.29, 0.717) is 13.1 Å². The number of hydrogen-bond donors (Lipinski definition) is 1. The van der Waals surface area contributed by atoms with Gasteiger partial charge in [-0.3, -0.25) is 4.79 Å². The summed E-state index contributed by atoms with van der Waals surface area (Å²) < 4.78 is 26.2. The van der Waals surface area contributed by atoms with Gasteiger partial charge in [-0.2, -0.15) is 0 Å². The molecule has 0 aliphatic carbocycles. The van der Waals surface area contributed by atoms with Crippen molar-refractivity contribution in [2.24, 2.45) is 5.73 Å². The predicted molar refractivity (Wildman–Crippen MR) is 76.3 cm³/mol. The van der Waals surface area contributed by atoms with Crippen molar-refractivity contribution in [1.29, 1.82) is 0 Å². The molecule has 1 heterocycles. The van der Waals surface area contributed by atoms with Gasteiger partial charge in [0.05, 0.1) is 10.6 Å². The molecule has 0 spiro atoms. The summed E-state index contributed by atoms with van der Waals surface area (Å²) in [7, 11) is 0. The van der Waals surface area contributed by atoms with Gasteiger partial charge in [0.2, 0.25) is 0 Å². The SMILES string of the molecule is Cl.NCC1CCCCN1C(=O)c1cc(F)c(F)cc1Cl. The van der Waals surface area contributed by atoms with Gasteiger partial charge in [-0.15, -0.1) is 12.4 Å². The summed E-state index contributed by atoms with van der Waals surface area (Å²) in [5.41, 5.74) is 5.63. The molecule has 0 bridgehead atoms. The molecule has 3 nitrogen and oxygen atoms in total. The highest BCUT2D eigenvalue weighted by Gasteiger charge is 2.28. The highest BCUT2D eigenvalue weighted by molar-refractivity contribution is 6.33. The van der Waals surface area contributed by atoms with E-state index in [4.69, 9.17) is 17.3 Å². The maximum Gasteiger partial charge on any atom is 0.255 e. The van der Waals surface area contributed by atoms with Gasteiger partial charge < -0.3 is 10.6 Å². The quantitative estimate of drug-likeness (QED) is 0.850. The second-order valence-corrected chi connectivity index (χ2v) is 5.04. The number of benzene rings is 1. The molecule has 1 fully saturated rings. The van der Waals surface area contributed by atoms with E-state index >= 15 is 0 Å². The number of halogens is 4. The third kappa shape index (κ3) is 3.40. The Morgan fingerprint density at radius 2 is 2.00 bits per heavy atom. The van der Waals surface area contributed by atoms with Gasteiger partial charge in [-0.1, -0.05) is 11.6 Å². The van der Waals surface area contributed by atoms with E-state index in [1.807, 2.05) is 0 Å². The molecule has 1 aliphatic rings. The van der Waals surface area contributed by atoms with E-state index in [1.165, 1.54) is 0 Å². The lowest BCUT2D eigenvalue weighted by Crippen LogP contribution is -2.47. The number of rotatable bonds is 2. The van der Waals surface area contributed by atoms with Gasteiger partial charge in [0.25, 0.3) is 5.91 Å². The monoisotopic (exact) mass is 324 g/mol. The van der Waals surface area contributed by atoms with E-state index in [1.54, 1.807) is 4.90 Å². The summed E-state index contributed by atoms with van der Waals surface area (Å²) in [5.74, 6) is -2.52. The molecule has 112 valence electrons. The molecular formula is C13H16Cl2F2N2O. The molecule has 1 amide bonds. The van der Waals surface area contributed by atoms with Crippen LogP contribution in [-0.2, 0) is 0 Å². The van der Waals surface area contributed by atoms with Gasteiger partial charge in [-0.05, 0) is 31.4 Å². The van der Waals surface area contributed by atoms with Crippen molar-refractivity contribution in [2.75, 3.05) is 13.1 Å². The Labute approximate surface area is 127 Å².